The first kappa shape index (κ1) is 23.4. The van der Waals surface area contributed by atoms with Gasteiger partial charge in [-0.15, -0.1) is 0 Å². The van der Waals surface area contributed by atoms with Crippen molar-refractivity contribution in [2.24, 2.45) is 0 Å². The number of anilines is 1. The monoisotopic (exact) mass is 433 g/mol. The van der Waals surface area contributed by atoms with Gasteiger partial charge in [0, 0.05) is 19.6 Å². The molecule has 8 nitrogen and oxygen atoms in total. The number of nitrogens with zero attached hydrogens (tertiary/aromatic N) is 1. The van der Waals surface area contributed by atoms with Crippen LogP contribution in [0.25, 0.3) is 0 Å². The maximum atomic E-state index is 12.5. The van der Waals surface area contributed by atoms with E-state index < -0.39 is 21.8 Å². The molecule has 0 spiro atoms. The number of sulfonamides is 1. The molecular weight excluding hydrogens is 406 g/mol. The molecule has 2 aromatic rings. The standard InChI is InChI=1S/C21H27N3O5S/c1-4-24(5-2)30(27,28)17-12-10-16(11-13-17)14-15-22-20(25)21(26)23-18-8-6-7-9-19(18)29-3/h6-13H,4-5,14-15H2,1-3H3,(H,22,25)(H,23,26). The smallest absolute Gasteiger partial charge is 0.313 e. The van der Waals surface area contributed by atoms with E-state index in [9.17, 15) is 18.0 Å². The summed E-state index contributed by atoms with van der Waals surface area (Å²) in [7, 11) is -2.02. The number of carbonyl (C=O) groups excluding carboxylic acids is 2. The van der Waals surface area contributed by atoms with Crippen molar-refractivity contribution in [2.45, 2.75) is 25.2 Å². The van der Waals surface area contributed by atoms with Gasteiger partial charge in [-0.25, -0.2) is 8.42 Å². The number of hydrogen-bond donors (Lipinski definition) is 2. The van der Waals surface area contributed by atoms with E-state index in [0.29, 0.717) is 30.9 Å². The summed E-state index contributed by atoms with van der Waals surface area (Å²) in [5, 5.41) is 5.06. The van der Waals surface area contributed by atoms with Gasteiger partial charge in [-0.2, -0.15) is 4.31 Å². The van der Waals surface area contributed by atoms with E-state index in [2.05, 4.69) is 10.6 Å². The molecule has 0 atom stereocenters. The summed E-state index contributed by atoms with van der Waals surface area (Å²) < 4.78 is 31.5. The lowest BCUT2D eigenvalue weighted by molar-refractivity contribution is -0.136. The lowest BCUT2D eigenvalue weighted by Crippen LogP contribution is -2.36. The van der Waals surface area contributed by atoms with Crippen LogP contribution in [0, 0.1) is 0 Å². The van der Waals surface area contributed by atoms with Gasteiger partial charge in [-0.1, -0.05) is 38.1 Å². The van der Waals surface area contributed by atoms with Crippen molar-refractivity contribution >= 4 is 27.5 Å². The van der Waals surface area contributed by atoms with Crippen LogP contribution in [-0.4, -0.2) is 51.3 Å². The average Bonchev–Trinajstić information content (AvgIpc) is 2.75. The van der Waals surface area contributed by atoms with Crippen LogP contribution < -0.4 is 15.4 Å². The third-order valence-corrected chi connectivity index (χ3v) is 6.59. The summed E-state index contributed by atoms with van der Waals surface area (Å²) in [6, 6.07) is 13.3. The van der Waals surface area contributed by atoms with Gasteiger partial charge >= 0.3 is 11.8 Å². The second-order valence-corrected chi connectivity index (χ2v) is 8.33. The minimum atomic E-state index is -3.50. The number of nitrogens with one attached hydrogen (secondary N) is 2. The van der Waals surface area contributed by atoms with E-state index in [1.165, 1.54) is 11.4 Å². The molecule has 0 saturated carbocycles. The van der Waals surface area contributed by atoms with E-state index in [1.54, 1.807) is 62.4 Å². The molecular formula is C21H27N3O5S. The minimum absolute atomic E-state index is 0.232. The predicted molar refractivity (Wildman–Crippen MR) is 115 cm³/mol. The van der Waals surface area contributed by atoms with Crippen molar-refractivity contribution in [1.29, 1.82) is 0 Å². The molecule has 2 N–H and O–H groups in total. The lowest BCUT2D eigenvalue weighted by atomic mass is 10.1. The zero-order valence-corrected chi connectivity index (χ0v) is 18.2. The summed E-state index contributed by atoms with van der Waals surface area (Å²) in [5.41, 5.74) is 1.25. The highest BCUT2D eigenvalue weighted by atomic mass is 32.2. The Hall–Kier alpha value is -2.91. The van der Waals surface area contributed by atoms with Crippen molar-refractivity contribution in [3.8, 4) is 5.75 Å². The van der Waals surface area contributed by atoms with Crippen LogP contribution in [0.1, 0.15) is 19.4 Å². The van der Waals surface area contributed by atoms with Gasteiger partial charge in [0.25, 0.3) is 0 Å². The molecule has 0 fully saturated rings. The highest BCUT2D eigenvalue weighted by Crippen LogP contribution is 2.22. The third kappa shape index (κ3) is 5.80. The van der Waals surface area contributed by atoms with Crippen LogP contribution >= 0.6 is 0 Å². The Balaban J connectivity index is 1.89. The number of para-hydroxylation sites is 2. The lowest BCUT2D eigenvalue weighted by Gasteiger charge is -2.18. The molecule has 0 radical (unpaired) electrons. The number of amides is 2. The SMILES string of the molecule is CCN(CC)S(=O)(=O)c1ccc(CCNC(=O)C(=O)Nc2ccccc2OC)cc1. The molecule has 30 heavy (non-hydrogen) atoms. The van der Waals surface area contributed by atoms with Gasteiger partial charge in [0.1, 0.15) is 5.75 Å². The number of carbonyl (C=O) groups is 2. The van der Waals surface area contributed by atoms with Gasteiger partial charge in [-0.05, 0) is 36.2 Å². The summed E-state index contributed by atoms with van der Waals surface area (Å²) in [6.07, 6.45) is 0.458. The van der Waals surface area contributed by atoms with E-state index in [1.807, 2.05) is 0 Å². The number of benzene rings is 2. The molecule has 0 heterocycles. The van der Waals surface area contributed by atoms with Gasteiger partial charge in [0.2, 0.25) is 10.0 Å². The zero-order valence-electron chi connectivity index (χ0n) is 17.3. The van der Waals surface area contributed by atoms with Crippen LogP contribution in [0.2, 0.25) is 0 Å². The molecule has 0 aliphatic rings. The molecule has 2 amide bonds. The first-order valence-corrected chi connectivity index (χ1v) is 11.1. The zero-order chi connectivity index (χ0) is 22.1. The molecule has 0 bridgehead atoms. The second kappa shape index (κ2) is 10.7. The number of rotatable bonds is 9. The molecule has 0 unspecified atom stereocenters. The molecule has 0 aromatic heterocycles. The molecule has 0 aliphatic carbocycles. The van der Waals surface area contributed by atoms with Crippen molar-refractivity contribution in [1.82, 2.24) is 9.62 Å². The maximum absolute atomic E-state index is 12.5. The summed E-state index contributed by atoms with van der Waals surface area (Å²) in [4.78, 5) is 24.3. The minimum Gasteiger partial charge on any atom is -0.495 e. The largest absolute Gasteiger partial charge is 0.495 e. The third-order valence-electron chi connectivity index (χ3n) is 4.53. The fraction of sp³-hybridized carbons (Fsp3) is 0.333. The number of methoxy groups -OCH3 is 1. The van der Waals surface area contributed by atoms with Gasteiger partial charge in [0.05, 0.1) is 17.7 Å². The Morgan fingerprint density at radius 2 is 1.60 bits per heavy atom. The second-order valence-electron chi connectivity index (χ2n) is 6.39. The van der Waals surface area contributed by atoms with E-state index >= 15 is 0 Å². The first-order valence-electron chi connectivity index (χ1n) is 9.64. The molecule has 0 aliphatic heterocycles. The summed E-state index contributed by atoms with van der Waals surface area (Å²) in [6.45, 7) is 4.64. The molecule has 0 saturated heterocycles. The van der Waals surface area contributed by atoms with E-state index in [0.717, 1.165) is 5.56 Å². The van der Waals surface area contributed by atoms with Crippen LogP contribution in [-0.2, 0) is 26.0 Å². The molecule has 2 aromatic carbocycles. The van der Waals surface area contributed by atoms with Gasteiger partial charge in [-0.3, -0.25) is 9.59 Å². The fourth-order valence-corrected chi connectivity index (χ4v) is 4.33. The molecule has 2 rings (SSSR count). The van der Waals surface area contributed by atoms with Crippen LogP contribution in [0.4, 0.5) is 5.69 Å². The van der Waals surface area contributed by atoms with Crippen molar-refractivity contribution in [3.63, 3.8) is 0 Å². The number of ether oxygens (including phenoxy) is 1. The van der Waals surface area contributed by atoms with E-state index in [-0.39, 0.29) is 11.4 Å². The Labute approximate surface area is 177 Å². The average molecular weight is 434 g/mol. The van der Waals surface area contributed by atoms with Crippen LogP contribution in [0.3, 0.4) is 0 Å². The summed E-state index contributed by atoms with van der Waals surface area (Å²) in [5.74, 6) is -1.10. The molecule has 9 heteroatoms. The Bertz CT molecular complexity index is 970. The van der Waals surface area contributed by atoms with Crippen molar-refractivity contribution in [2.75, 3.05) is 32.1 Å². The van der Waals surface area contributed by atoms with Crippen molar-refractivity contribution in [3.05, 3.63) is 54.1 Å². The van der Waals surface area contributed by atoms with Crippen LogP contribution in [0.15, 0.2) is 53.4 Å². The van der Waals surface area contributed by atoms with Crippen LogP contribution in [0.5, 0.6) is 5.75 Å². The maximum Gasteiger partial charge on any atom is 0.313 e. The highest BCUT2D eigenvalue weighted by molar-refractivity contribution is 7.89. The Kier molecular flexibility index (Phi) is 8.37. The van der Waals surface area contributed by atoms with Gasteiger partial charge < -0.3 is 15.4 Å². The normalized spacial score (nSPS) is 11.2. The highest BCUT2D eigenvalue weighted by Gasteiger charge is 2.21. The Morgan fingerprint density at radius 3 is 2.20 bits per heavy atom. The summed E-state index contributed by atoms with van der Waals surface area (Å²) >= 11 is 0. The topological polar surface area (TPSA) is 105 Å². The van der Waals surface area contributed by atoms with Crippen molar-refractivity contribution < 1.29 is 22.7 Å². The van der Waals surface area contributed by atoms with Gasteiger partial charge in [0.15, 0.2) is 0 Å². The quantitative estimate of drug-likeness (QED) is 0.589. The Morgan fingerprint density at radius 1 is 0.967 bits per heavy atom. The fourth-order valence-electron chi connectivity index (χ4n) is 2.87. The molecule has 162 valence electrons. The predicted octanol–water partition coefficient (Wildman–Crippen LogP) is 2.02. The number of hydrogen-bond acceptors (Lipinski definition) is 5. The van der Waals surface area contributed by atoms with E-state index in [4.69, 9.17) is 4.74 Å². The first-order chi connectivity index (χ1) is 14.3.